The summed E-state index contributed by atoms with van der Waals surface area (Å²) in [5.41, 5.74) is 1.71. The number of ether oxygens (including phenoxy) is 2. The van der Waals surface area contributed by atoms with E-state index >= 15 is 0 Å². The van der Waals surface area contributed by atoms with Crippen molar-refractivity contribution >= 4 is 44.0 Å². The number of aromatic nitrogens is 1. The van der Waals surface area contributed by atoms with Crippen LogP contribution in [0.3, 0.4) is 0 Å². The van der Waals surface area contributed by atoms with Crippen LogP contribution in [0.2, 0.25) is 5.02 Å². The number of halogens is 1. The van der Waals surface area contributed by atoms with Gasteiger partial charge >= 0.3 is 0 Å². The van der Waals surface area contributed by atoms with Gasteiger partial charge in [-0.25, -0.2) is 4.98 Å². The van der Waals surface area contributed by atoms with Gasteiger partial charge in [-0.1, -0.05) is 29.0 Å². The minimum atomic E-state index is 0.681. The number of hydrogen-bond acceptors (Lipinski definition) is 5. The third-order valence-corrected chi connectivity index (χ3v) is 4.12. The molecule has 4 nitrogen and oxygen atoms in total. The van der Waals surface area contributed by atoms with Crippen LogP contribution >= 0.6 is 22.9 Å². The van der Waals surface area contributed by atoms with E-state index in [0.29, 0.717) is 10.8 Å². The molecule has 3 rings (SSSR count). The van der Waals surface area contributed by atoms with Gasteiger partial charge in [-0.2, -0.15) is 0 Å². The molecular formula is C15H13ClN2O2S. The Morgan fingerprint density at radius 1 is 1.14 bits per heavy atom. The summed E-state index contributed by atoms with van der Waals surface area (Å²) >= 11 is 7.52. The van der Waals surface area contributed by atoms with Gasteiger partial charge in [0.2, 0.25) is 0 Å². The number of methoxy groups -OCH3 is 2. The molecule has 6 heteroatoms. The van der Waals surface area contributed by atoms with Crippen LogP contribution in [0.25, 0.3) is 10.2 Å². The first-order valence-corrected chi connectivity index (χ1v) is 7.44. The first-order valence-electron chi connectivity index (χ1n) is 6.25. The van der Waals surface area contributed by atoms with Crippen molar-refractivity contribution in [2.45, 2.75) is 0 Å². The molecule has 0 spiro atoms. The fourth-order valence-corrected chi connectivity index (χ4v) is 3.11. The lowest BCUT2D eigenvalue weighted by Crippen LogP contribution is -1.90. The van der Waals surface area contributed by atoms with Gasteiger partial charge in [0.15, 0.2) is 5.13 Å². The van der Waals surface area contributed by atoms with Gasteiger partial charge in [-0.15, -0.1) is 0 Å². The molecule has 108 valence electrons. The minimum Gasteiger partial charge on any atom is -0.497 e. The number of hydrogen-bond donors (Lipinski definition) is 1. The largest absolute Gasteiger partial charge is 0.497 e. The highest BCUT2D eigenvalue weighted by molar-refractivity contribution is 7.22. The second kappa shape index (κ2) is 5.79. The maximum Gasteiger partial charge on any atom is 0.188 e. The monoisotopic (exact) mass is 320 g/mol. The Hall–Kier alpha value is -1.98. The maximum absolute atomic E-state index is 5.98. The summed E-state index contributed by atoms with van der Waals surface area (Å²) in [5.74, 6) is 1.44. The van der Waals surface area contributed by atoms with Crippen molar-refractivity contribution in [3.8, 4) is 11.5 Å². The van der Waals surface area contributed by atoms with E-state index in [2.05, 4.69) is 10.3 Å². The summed E-state index contributed by atoms with van der Waals surface area (Å²) in [6.07, 6.45) is 0. The lowest BCUT2D eigenvalue weighted by atomic mass is 10.3. The zero-order valence-corrected chi connectivity index (χ0v) is 13.1. The molecule has 2 aromatic carbocycles. The van der Waals surface area contributed by atoms with Crippen LogP contribution in [0, 0.1) is 0 Å². The van der Waals surface area contributed by atoms with Crippen molar-refractivity contribution in [2.24, 2.45) is 0 Å². The topological polar surface area (TPSA) is 43.4 Å². The molecular weight excluding hydrogens is 308 g/mol. The van der Waals surface area contributed by atoms with Gasteiger partial charge in [0, 0.05) is 16.8 Å². The number of rotatable bonds is 4. The Kier molecular flexibility index (Phi) is 3.86. The Morgan fingerprint density at radius 3 is 2.71 bits per heavy atom. The molecule has 1 heterocycles. The number of nitrogens with one attached hydrogen (secondary N) is 1. The van der Waals surface area contributed by atoms with Gasteiger partial charge in [0.05, 0.1) is 18.9 Å². The van der Waals surface area contributed by atoms with Crippen LogP contribution in [0.4, 0.5) is 10.8 Å². The van der Waals surface area contributed by atoms with E-state index in [-0.39, 0.29) is 0 Å². The van der Waals surface area contributed by atoms with E-state index in [1.807, 2.05) is 36.4 Å². The van der Waals surface area contributed by atoms with Crippen LogP contribution in [0.1, 0.15) is 0 Å². The fourth-order valence-electron chi connectivity index (χ4n) is 1.99. The van der Waals surface area contributed by atoms with Gasteiger partial charge in [-0.3, -0.25) is 0 Å². The highest BCUT2D eigenvalue weighted by Gasteiger charge is 2.11. The lowest BCUT2D eigenvalue weighted by Gasteiger charge is -2.04. The van der Waals surface area contributed by atoms with Crippen molar-refractivity contribution in [1.82, 2.24) is 4.98 Å². The summed E-state index contributed by atoms with van der Waals surface area (Å²) in [6, 6.07) is 11.3. The molecule has 21 heavy (non-hydrogen) atoms. The first kappa shape index (κ1) is 14.0. The number of fused-ring (bicyclic) bond motifs is 1. The Bertz CT molecular complexity index is 788. The molecule has 0 radical (unpaired) electrons. The van der Waals surface area contributed by atoms with Crippen molar-refractivity contribution in [1.29, 1.82) is 0 Å². The van der Waals surface area contributed by atoms with E-state index in [0.717, 1.165) is 26.8 Å². The zero-order chi connectivity index (χ0) is 14.8. The van der Waals surface area contributed by atoms with Gasteiger partial charge < -0.3 is 14.8 Å². The van der Waals surface area contributed by atoms with E-state index in [1.54, 1.807) is 14.2 Å². The summed E-state index contributed by atoms with van der Waals surface area (Å²) in [5, 5.41) is 4.71. The first-order chi connectivity index (χ1) is 10.2. The fraction of sp³-hybridized carbons (Fsp3) is 0.133. The summed E-state index contributed by atoms with van der Waals surface area (Å²) in [7, 11) is 3.25. The van der Waals surface area contributed by atoms with Crippen LogP contribution in [0.5, 0.6) is 11.5 Å². The van der Waals surface area contributed by atoms with Crippen molar-refractivity contribution in [2.75, 3.05) is 19.5 Å². The minimum absolute atomic E-state index is 0.681. The van der Waals surface area contributed by atoms with Gasteiger partial charge in [0.25, 0.3) is 0 Å². The van der Waals surface area contributed by atoms with E-state index < -0.39 is 0 Å². The number of thiazole rings is 1. The Labute approximate surface area is 131 Å². The number of anilines is 2. The predicted molar refractivity (Wildman–Crippen MR) is 87.5 cm³/mol. The highest BCUT2D eigenvalue weighted by atomic mass is 35.5. The van der Waals surface area contributed by atoms with Crippen molar-refractivity contribution < 1.29 is 9.47 Å². The second-order valence-corrected chi connectivity index (χ2v) is 5.80. The molecule has 0 aliphatic heterocycles. The van der Waals surface area contributed by atoms with Gasteiger partial charge in [0.1, 0.15) is 17.0 Å². The smallest absolute Gasteiger partial charge is 0.188 e. The molecule has 0 aliphatic rings. The van der Waals surface area contributed by atoms with E-state index in [1.165, 1.54) is 11.3 Å². The summed E-state index contributed by atoms with van der Waals surface area (Å²) in [6.45, 7) is 0. The molecule has 0 saturated heterocycles. The lowest BCUT2D eigenvalue weighted by molar-refractivity contribution is 0.397. The quantitative estimate of drug-likeness (QED) is 0.756. The Balaban J connectivity index is 2.00. The second-order valence-electron chi connectivity index (χ2n) is 4.33. The molecule has 1 N–H and O–H groups in total. The summed E-state index contributed by atoms with van der Waals surface area (Å²) in [4.78, 5) is 4.57. The zero-order valence-electron chi connectivity index (χ0n) is 11.5. The normalized spacial score (nSPS) is 10.6. The molecule has 0 atom stereocenters. The molecule has 3 aromatic rings. The van der Waals surface area contributed by atoms with Crippen LogP contribution in [-0.4, -0.2) is 19.2 Å². The van der Waals surface area contributed by atoms with Crippen LogP contribution < -0.4 is 14.8 Å². The molecule has 0 aliphatic carbocycles. The maximum atomic E-state index is 5.98. The average molecular weight is 321 g/mol. The molecule has 1 aromatic heterocycles. The molecule has 0 fully saturated rings. The third-order valence-electron chi connectivity index (χ3n) is 2.96. The standard InChI is InChI=1S/C15H13ClN2O2S/c1-19-11-7-12(20-2)14-13(8-11)21-15(18-14)17-10-5-3-4-9(16)6-10/h3-8H,1-2H3,(H,17,18). The SMILES string of the molecule is COc1cc(OC)c2nc(Nc3cccc(Cl)c3)sc2c1. The molecule has 0 bridgehead atoms. The van der Waals surface area contributed by atoms with Crippen molar-refractivity contribution in [3.05, 3.63) is 41.4 Å². The summed E-state index contributed by atoms with van der Waals surface area (Å²) < 4.78 is 11.6. The van der Waals surface area contributed by atoms with E-state index in [9.17, 15) is 0 Å². The van der Waals surface area contributed by atoms with Crippen LogP contribution in [0.15, 0.2) is 36.4 Å². The van der Waals surface area contributed by atoms with E-state index in [4.69, 9.17) is 21.1 Å². The molecule has 0 saturated carbocycles. The number of nitrogens with zero attached hydrogens (tertiary/aromatic N) is 1. The molecule has 0 unspecified atom stereocenters. The molecule has 0 amide bonds. The van der Waals surface area contributed by atoms with Gasteiger partial charge in [-0.05, 0) is 24.3 Å². The number of benzene rings is 2. The predicted octanol–water partition coefficient (Wildman–Crippen LogP) is 4.71. The average Bonchev–Trinajstić information content (AvgIpc) is 2.88. The third kappa shape index (κ3) is 2.89. The highest BCUT2D eigenvalue weighted by Crippen LogP contribution is 2.37. The van der Waals surface area contributed by atoms with Crippen LogP contribution in [-0.2, 0) is 0 Å². The van der Waals surface area contributed by atoms with Crippen molar-refractivity contribution in [3.63, 3.8) is 0 Å². The Morgan fingerprint density at radius 2 is 2.00 bits per heavy atom.